The molecule has 0 atom stereocenters. The maximum absolute atomic E-state index is 10.0. The van der Waals surface area contributed by atoms with Gasteiger partial charge in [0, 0.05) is 16.5 Å². The van der Waals surface area contributed by atoms with Crippen LogP contribution in [0.3, 0.4) is 0 Å². The highest BCUT2D eigenvalue weighted by Crippen LogP contribution is 2.28. The summed E-state index contributed by atoms with van der Waals surface area (Å²) in [5.41, 5.74) is 3.72. The minimum Gasteiger partial charge on any atom is -0.506 e. The number of phenols is 2. The van der Waals surface area contributed by atoms with Crippen molar-refractivity contribution in [3.63, 3.8) is 0 Å². The van der Waals surface area contributed by atoms with Crippen LogP contribution >= 0.6 is 0 Å². The van der Waals surface area contributed by atoms with Crippen LogP contribution in [0, 0.1) is 6.92 Å². The topological polar surface area (TPSA) is 66.2 Å². The molecule has 0 spiro atoms. The molecule has 0 amide bonds. The fraction of sp³-hybridized carbons (Fsp3) is 0.0476. The first-order valence-corrected chi connectivity index (χ1v) is 7.98. The van der Waals surface area contributed by atoms with Crippen molar-refractivity contribution in [1.82, 2.24) is 9.97 Å². The quantitative estimate of drug-likeness (QED) is 0.561. The Morgan fingerprint density at radius 3 is 2.48 bits per heavy atom. The SMILES string of the molecule is Cc1ccc2c(/C=C/c3ccc4cccc(O)c4n3)ccc(O)c2n1. The normalized spacial score (nSPS) is 11.6. The lowest BCUT2D eigenvalue weighted by Crippen LogP contribution is -1.87. The number of pyridine rings is 2. The van der Waals surface area contributed by atoms with E-state index in [1.54, 1.807) is 18.2 Å². The summed E-state index contributed by atoms with van der Waals surface area (Å²) in [5, 5.41) is 21.8. The third-order valence-corrected chi connectivity index (χ3v) is 4.16. The van der Waals surface area contributed by atoms with E-state index in [1.807, 2.05) is 55.5 Å². The Bertz CT molecular complexity index is 1130. The second-order valence-corrected chi connectivity index (χ2v) is 5.94. The minimum atomic E-state index is 0.169. The first-order chi connectivity index (χ1) is 12.1. The molecule has 2 aromatic heterocycles. The Kier molecular flexibility index (Phi) is 3.58. The van der Waals surface area contributed by atoms with Crippen LogP contribution in [0.15, 0.2) is 54.6 Å². The van der Waals surface area contributed by atoms with Gasteiger partial charge in [0.05, 0.1) is 5.69 Å². The number of aromatic hydroxyl groups is 2. The molecule has 0 unspecified atom stereocenters. The largest absolute Gasteiger partial charge is 0.506 e. The van der Waals surface area contributed by atoms with E-state index in [0.717, 1.165) is 27.7 Å². The van der Waals surface area contributed by atoms with Gasteiger partial charge in [-0.3, -0.25) is 0 Å². The van der Waals surface area contributed by atoms with Crippen molar-refractivity contribution in [2.75, 3.05) is 0 Å². The fourth-order valence-electron chi connectivity index (χ4n) is 2.88. The van der Waals surface area contributed by atoms with Crippen LogP contribution in [-0.2, 0) is 0 Å². The Morgan fingerprint density at radius 1 is 0.760 bits per heavy atom. The van der Waals surface area contributed by atoms with Crippen LogP contribution in [-0.4, -0.2) is 20.2 Å². The molecule has 0 saturated heterocycles. The van der Waals surface area contributed by atoms with Crippen molar-refractivity contribution in [2.24, 2.45) is 0 Å². The molecular weight excluding hydrogens is 312 g/mol. The molecule has 4 aromatic rings. The molecule has 25 heavy (non-hydrogen) atoms. The summed E-state index contributed by atoms with van der Waals surface area (Å²) in [6, 6.07) is 16.6. The lowest BCUT2D eigenvalue weighted by molar-refractivity contribution is 0.480. The van der Waals surface area contributed by atoms with Crippen LogP contribution in [0.1, 0.15) is 17.0 Å². The summed E-state index contributed by atoms with van der Waals surface area (Å²) >= 11 is 0. The predicted molar refractivity (Wildman–Crippen MR) is 100 cm³/mol. The summed E-state index contributed by atoms with van der Waals surface area (Å²) in [6.45, 7) is 1.90. The highest BCUT2D eigenvalue weighted by Gasteiger charge is 2.06. The van der Waals surface area contributed by atoms with E-state index in [4.69, 9.17) is 0 Å². The van der Waals surface area contributed by atoms with E-state index in [2.05, 4.69) is 9.97 Å². The number of aryl methyl sites for hydroxylation is 1. The Labute approximate surface area is 144 Å². The molecule has 0 saturated carbocycles. The van der Waals surface area contributed by atoms with E-state index < -0.39 is 0 Å². The van der Waals surface area contributed by atoms with Crippen LogP contribution in [0.4, 0.5) is 0 Å². The first-order valence-electron chi connectivity index (χ1n) is 7.98. The summed E-state index contributed by atoms with van der Waals surface area (Å²) in [7, 11) is 0. The summed E-state index contributed by atoms with van der Waals surface area (Å²) in [6.07, 6.45) is 3.82. The highest BCUT2D eigenvalue weighted by molar-refractivity contribution is 5.94. The van der Waals surface area contributed by atoms with Gasteiger partial charge in [0.2, 0.25) is 0 Å². The van der Waals surface area contributed by atoms with Gasteiger partial charge in [0.15, 0.2) is 0 Å². The van der Waals surface area contributed by atoms with E-state index in [0.29, 0.717) is 11.0 Å². The monoisotopic (exact) mass is 328 g/mol. The average Bonchev–Trinajstić information content (AvgIpc) is 2.62. The number of benzene rings is 2. The zero-order chi connectivity index (χ0) is 17.4. The molecule has 0 aliphatic rings. The molecule has 2 N–H and O–H groups in total. The van der Waals surface area contributed by atoms with Gasteiger partial charge in [-0.1, -0.05) is 36.4 Å². The molecule has 122 valence electrons. The van der Waals surface area contributed by atoms with Crippen LogP contribution in [0.2, 0.25) is 0 Å². The number of hydrogen-bond acceptors (Lipinski definition) is 4. The molecule has 4 nitrogen and oxygen atoms in total. The summed E-state index contributed by atoms with van der Waals surface area (Å²) in [4.78, 5) is 8.91. The number of phenolic OH excluding ortho intramolecular Hbond substituents is 2. The lowest BCUT2D eigenvalue weighted by Gasteiger charge is -2.05. The molecular formula is C21H16N2O2. The number of rotatable bonds is 2. The molecule has 4 rings (SSSR count). The fourth-order valence-corrected chi connectivity index (χ4v) is 2.88. The van der Waals surface area contributed by atoms with E-state index in [9.17, 15) is 10.2 Å². The van der Waals surface area contributed by atoms with Gasteiger partial charge in [-0.05, 0) is 42.8 Å². The van der Waals surface area contributed by atoms with Gasteiger partial charge >= 0.3 is 0 Å². The Hall–Kier alpha value is -3.40. The molecule has 0 fully saturated rings. The highest BCUT2D eigenvalue weighted by atomic mass is 16.3. The maximum Gasteiger partial charge on any atom is 0.141 e. The van der Waals surface area contributed by atoms with Crippen molar-refractivity contribution in [2.45, 2.75) is 6.92 Å². The van der Waals surface area contributed by atoms with Crippen LogP contribution in [0.25, 0.3) is 34.0 Å². The van der Waals surface area contributed by atoms with Gasteiger partial charge in [-0.2, -0.15) is 0 Å². The zero-order valence-electron chi connectivity index (χ0n) is 13.6. The van der Waals surface area contributed by atoms with Gasteiger partial charge in [-0.15, -0.1) is 0 Å². The third kappa shape index (κ3) is 2.78. The number of para-hydroxylation sites is 1. The molecule has 0 radical (unpaired) electrons. The minimum absolute atomic E-state index is 0.169. The average molecular weight is 328 g/mol. The number of fused-ring (bicyclic) bond motifs is 2. The third-order valence-electron chi connectivity index (χ3n) is 4.16. The van der Waals surface area contributed by atoms with Gasteiger partial charge in [0.1, 0.15) is 22.5 Å². The number of aromatic nitrogens is 2. The Balaban J connectivity index is 1.79. The zero-order valence-corrected chi connectivity index (χ0v) is 13.6. The predicted octanol–water partition coefficient (Wildman–Crippen LogP) is 4.67. The van der Waals surface area contributed by atoms with E-state index in [1.165, 1.54) is 0 Å². The first kappa shape index (κ1) is 15.1. The smallest absolute Gasteiger partial charge is 0.141 e. The molecule has 4 heteroatoms. The lowest BCUT2D eigenvalue weighted by atomic mass is 10.1. The number of nitrogens with zero attached hydrogens (tertiary/aromatic N) is 2. The van der Waals surface area contributed by atoms with Gasteiger partial charge in [-0.25, -0.2) is 9.97 Å². The van der Waals surface area contributed by atoms with Crippen molar-refractivity contribution < 1.29 is 10.2 Å². The number of hydrogen-bond donors (Lipinski definition) is 2. The van der Waals surface area contributed by atoms with E-state index in [-0.39, 0.29) is 11.5 Å². The van der Waals surface area contributed by atoms with Crippen LogP contribution < -0.4 is 0 Å². The summed E-state index contributed by atoms with van der Waals surface area (Å²) in [5.74, 6) is 0.340. The van der Waals surface area contributed by atoms with Crippen molar-refractivity contribution in [3.8, 4) is 11.5 Å². The summed E-state index contributed by atoms with van der Waals surface area (Å²) < 4.78 is 0. The van der Waals surface area contributed by atoms with Gasteiger partial charge < -0.3 is 10.2 Å². The molecule has 2 heterocycles. The van der Waals surface area contributed by atoms with Crippen molar-refractivity contribution >= 4 is 34.0 Å². The molecule has 0 bridgehead atoms. The van der Waals surface area contributed by atoms with Crippen molar-refractivity contribution in [1.29, 1.82) is 0 Å². The molecule has 0 aliphatic carbocycles. The maximum atomic E-state index is 10.0. The molecule has 0 aliphatic heterocycles. The second kappa shape index (κ2) is 5.91. The van der Waals surface area contributed by atoms with Crippen molar-refractivity contribution in [3.05, 3.63) is 71.5 Å². The van der Waals surface area contributed by atoms with Crippen LogP contribution in [0.5, 0.6) is 11.5 Å². The molecule has 2 aromatic carbocycles. The Morgan fingerprint density at radius 2 is 1.60 bits per heavy atom. The standard InChI is InChI=1S/C21H16N2O2/c1-13-5-11-17-14(8-12-19(25)21(17)22-13)6-9-16-10-7-15-3-2-4-18(24)20(15)23-16/h2-12,24-25H,1H3/b9-6+. The van der Waals surface area contributed by atoms with Gasteiger partial charge in [0.25, 0.3) is 0 Å². The second-order valence-electron chi connectivity index (χ2n) is 5.94. The van der Waals surface area contributed by atoms with E-state index >= 15 is 0 Å².